The molecule has 1 aliphatic rings. The molecule has 0 radical (unpaired) electrons. The van der Waals surface area contributed by atoms with Crippen LogP contribution in [0.25, 0.3) is 0 Å². The smallest absolute Gasteiger partial charge is 0.292 e. The normalized spacial score (nSPS) is 12.5. The van der Waals surface area contributed by atoms with Gasteiger partial charge in [0.2, 0.25) is 0 Å². The fourth-order valence-corrected chi connectivity index (χ4v) is 2.65. The van der Waals surface area contributed by atoms with Gasteiger partial charge in [-0.05, 0) is 48.6 Å². The number of aryl methyl sites for hydroxylation is 2. The number of nitrogens with zero attached hydrogens (tertiary/aromatic N) is 1. The molecule has 2 aromatic rings. The second kappa shape index (κ2) is 5.85. The number of carbonyl (C=O) groups excluding carboxylic acids is 1. The summed E-state index contributed by atoms with van der Waals surface area (Å²) in [6, 6.07) is 11.8. The van der Waals surface area contributed by atoms with Gasteiger partial charge in [-0.3, -0.25) is 25.8 Å². The van der Waals surface area contributed by atoms with Crippen molar-refractivity contribution in [3.8, 4) is 0 Å². The Morgan fingerprint density at radius 3 is 2.68 bits per heavy atom. The maximum atomic E-state index is 12.2. The third-order valence-electron chi connectivity index (χ3n) is 3.77. The first kappa shape index (κ1) is 14.1. The van der Waals surface area contributed by atoms with E-state index < -0.39 is 4.92 Å². The third-order valence-corrected chi connectivity index (χ3v) is 3.77. The third kappa shape index (κ3) is 2.76. The van der Waals surface area contributed by atoms with E-state index in [9.17, 15) is 14.9 Å². The number of benzene rings is 2. The minimum atomic E-state index is -0.496. The topological polar surface area (TPSA) is 84.3 Å². The summed E-state index contributed by atoms with van der Waals surface area (Å²) in [4.78, 5) is 22.6. The van der Waals surface area contributed by atoms with Gasteiger partial charge in [0, 0.05) is 11.6 Å². The van der Waals surface area contributed by atoms with Crippen LogP contribution in [0.15, 0.2) is 42.5 Å². The second-order valence-corrected chi connectivity index (χ2v) is 5.19. The van der Waals surface area contributed by atoms with Crippen LogP contribution in [0.5, 0.6) is 0 Å². The molecule has 0 spiro atoms. The van der Waals surface area contributed by atoms with Gasteiger partial charge in [-0.15, -0.1) is 0 Å². The molecule has 0 bridgehead atoms. The van der Waals surface area contributed by atoms with E-state index in [0.717, 1.165) is 19.3 Å². The lowest BCUT2D eigenvalue weighted by atomic mass is 10.1. The lowest BCUT2D eigenvalue weighted by Crippen LogP contribution is -2.29. The molecule has 0 saturated heterocycles. The predicted octanol–water partition coefficient (Wildman–Crippen LogP) is 2.84. The first-order valence-corrected chi connectivity index (χ1v) is 7.07. The van der Waals surface area contributed by atoms with E-state index >= 15 is 0 Å². The van der Waals surface area contributed by atoms with Crippen LogP contribution < -0.4 is 10.9 Å². The Labute approximate surface area is 127 Å². The summed E-state index contributed by atoms with van der Waals surface area (Å²) >= 11 is 0. The molecule has 0 heterocycles. The number of nitro benzene ring substituents is 1. The number of hydrogen-bond donors (Lipinski definition) is 2. The average Bonchev–Trinajstić information content (AvgIpc) is 3.00. The standard InChI is InChI=1S/C16H15N3O3/c20-16(13-9-8-11-4-3-5-12(11)10-13)18-17-14-6-1-2-7-15(14)19(21)22/h1-2,6-10,17H,3-5H2,(H,18,20). The molecule has 0 saturated carbocycles. The average molecular weight is 297 g/mol. The van der Waals surface area contributed by atoms with Crippen LogP contribution >= 0.6 is 0 Å². The Balaban J connectivity index is 1.72. The van der Waals surface area contributed by atoms with Gasteiger partial charge >= 0.3 is 0 Å². The van der Waals surface area contributed by atoms with E-state index in [1.54, 1.807) is 24.3 Å². The van der Waals surface area contributed by atoms with Gasteiger partial charge < -0.3 is 0 Å². The molecular weight excluding hydrogens is 282 g/mol. The van der Waals surface area contributed by atoms with E-state index in [4.69, 9.17) is 0 Å². The van der Waals surface area contributed by atoms with Crippen molar-refractivity contribution in [2.24, 2.45) is 0 Å². The summed E-state index contributed by atoms with van der Waals surface area (Å²) in [5, 5.41) is 10.9. The molecule has 22 heavy (non-hydrogen) atoms. The summed E-state index contributed by atoms with van der Waals surface area (Å²) in [5.41, 5.74) is 8.34. The molecule has 6 nitrogen and oxygen atoms in total. The molecular formula is C16H15N3O3. The summed E-state index contributed by atoms with van der Waals surface area (Å²) < 4.78 is 0. The number of carbonyl (C=O) groups is 1. The molecule has 1 aliphatic carbocycles. The van der Waals surface area contributed by atoms with Crippen LogP contribution in [0.1, 0.15) is 27.9 Å². The molecule has 0 aliphatic heterocycles. The molecule has 0 aromatic heterocycles. The Morgan fingerprint density at radius 2 is 1.86 bits per heavy atom. The van der Waals surface area contributed by atoms with Crippen molar-refractivity contribution < 1.29 is 9.72 Å². The lowest BCUT2D eigenvalue weighted by Gasteiger charge is -2.09. The van der Waals surface area contributed by atoms with E-state index in [1.807, 2.05) is 12.1 Å². The Kier molecular flexibility index (Phi) is 3.74. The van der Waals surface area contributed by atoms with Crippen molar-refractivity contribution in [1.82, 2.24) is 5.43 Å². The van der Waals surface area contributed by atoms with Gasteiger partial charge in [-0.25, -0.2) is 0 Å². The number of nitro groups is 1. The number of para-hydroxylation sites is 2. The summed E-state index contributed by atoms with van der Waals surface area (Å²) in [5.74, 6) is -0.312. The van der Waals surface area contributed by atoms with Crippen LogP contribution in [0.3, 0.4) is 0 Å². The molecule has 1 amide bonds. The first-order valence-electron chi connectivity index (χ1n) is 7.07. The number of anilines is 1. The molecule has 112 valence electrons. The Bertz CT molecular complexity index is 743. The van der Waals surface area contributed by atoms with Gasteiger partial charge in [0.1, 0.15) is 5.69 Å². The maximum absolute atomic E-state index is 12.2. The van der Waals surface area contributed by atoms with Gasteiger partial charge in [0.15, 0.2) is 0 Å². The van der Waals surface area contributed by atoms with Crippen LogP contribution in [-0.2, 0) is 12.8 Å². The zero-order valence-corrected chi connectivity index (χ0v) is 11.8. The Morgan fingerprint density at radius 1 is 1.09 bits per heavy atom. The van der Waals surface area contributed by atoms with Crippen LogP contribution in [0.4, 0.5) is 11.4 Å². The molecule has 3 rings (SSSR count). The van der Waals surface area contributed by atoms with E-state index in [1.165, 1.54) is 17.2 Å². The summed E-state index contributed by atoms with van der Waals surface area (Å²) in [6.45, 7) is 0. The monoisotopic (exact) mass is 297 g/mol. The fraction of sp³-hybridized carbons (Fsp3) is 0.188. The first-order chi connectivity index (χ1) is 10.6. The predicted molar refractivity (Wildman–Crippen MR) is 82.7 cm³/mol. The highest BCUT2D eigenvalue weighted by Crippen LogP contribution is 2.24. The lowest BCUT2D eigenvalue weighted by molar-refractivity contribution is -0.384. The number of nitrogens with one attached hydrogen (secondary N) is 2. The van der Waals surface area contributed by atoms with Gasteiger partial charge in [-0.2, -0.15) is 0 Å². The summed E-state index contributed by atoms with van der Waals surface area (Å²) in [7, 11) is 0. The minimum absolute atomic E-state index is 0.0863. The van der Waals surface area contributed by atoms with Crippen molar-refractivity contribution >= 4 is 17.3 Å². The van der Waals surface area contributed by atoms with Gasteiger partial charge in [-0.1, -0.05) is 18.2 Å². The van der Waals surface area contributed by atoms with Crippen LogP contribution in [0, 0.1) is 10.1 Å². The number of rotatable bonds is 4. The molecule has 2 aromatic carbocycles. The second-order valence-electron chi connectivity index (χ2n) is 5.19. The van der Waals surface area contributed by atoms with Crippen molar-refractivity contribution in [3.63, 3.8) is 0 Å². The molecule has 6 heteroatoms. The minimum Gasteiger partial charge on any atom is -0.292 e. The summed E-state index contributed by atoms with van der Waals surface area (Å²) in [6.07, 6.45) is 3.18. The highest BCUT2D eigenvalue weighted by atomic mass is 16.6. The SMILES string of the molecule is O=C(NNc1ccccc1[N+](=O)[O-])c1ccc2c(c1)CCC2. The maximum Gasteiger partial charge on any atom is 0.294 e. The molecule has 0 unspecified atom stereocenters. The number of fused-ring (bicyclic) bond motifs is 1. The highest BCUT2D eigenvalue weighted by molar-refractivity contribution is 5.95. The van der Waals surface area contributed by atoms with Crippen LogP contribution in [0.2, 0.25) is 0 Å². The van der Waals surface area contributed by atoms with Crippen molar-refractivity contribution in [2.75, 3.05) is 5.43 Å². The van der Waals surface area contributed by atoms with E-state index in [0.29, 0.717) is 5.56 Å². The largest absolute Gasteiger partial charge is 0.294 e. The van der Waals surface area contributed by atoms with Crippen molar-refractivity contribution in [3.05, 3.63) is 69.3 Å². The van der Waals surface area contributed by atoms with Gasteiger partial charge in [0.25, 0.3) is 11.6 Å². The number of amides is 1. The number of hydrogen-bond acceptors (Lipinski definition) is 4. The van der Waals surface area contributed by atoms with E-state index in [-0.39, 0.29) is 17.3 Å². The van der Waals surface area contributed by atoms with Crippen LogP contribution in [-0.4, -0.2) is 10.8 Å². The van der Waals surface area contributed by atoms with Gasteiger partial charge in [0.05, 0.1) is 4.92 Å². The molecule has 0 fully saturated rings. The quantitative estimate of drug-likeness (QED) is 0.671. The van der Waals surface area contributed by atoms with Crippen molar-refractivity contribution in [1.29, 1.82) is 0 Å². The highest BCUT2D eigenvalue weighted by Gasteiger charge is 2.15. The Hall–Kier alpha value is -2.89. The molecule has 2 N–H and O–H groups in total. The van der Waals surface area contributed by atoms with E-state index in [2.05, 4.69) is 10.9 Å². The molecule has 0 atom stereocenters. The number of hydrazine groups is 1. The zero-order chi connectivity index (χ0) is 15.5. The van der Waals surface area contributed by atoms with Crippen molar-refractivity contribution in [2.45, 2.75) is 19.3 Å². The fourth-order valence-electron chi connectivity index (χ4n) is 2.65. The zero-order valence-electron chi connectivity index (χ0n) is 11.8.